The smallest absolute Gasteiger partial charge is 0.344 e. The van der Waals surface area contributed by atoms with E-state index < -0.39 is 18.0 Å². The molecule has 25 heavy (non-hydrogen) atoms. The summed E-state index contributed by atoms with van der Waals surface area (Å²) in [6, 6.07) is 11.4. The van der Waals surface area contributed by atoms with Crippen LogP contribution in [0.4, 0.5) is 5.69 Å². The molecule has 2 aromatic carbocycles. The number of halogens is 1. The fourth-order valence-electron chi connectivity index (χ4n) is 1.89. The first-order chi connectivity index (χ1) is 11.9. The Morgan fingerprint density at radius 2 is 1.88 bits per heavy atom. The van der Waals surface area contributed by atoms with E-state index in [0.29, 0.717) is 22.0 Å². The number of ether oxygens (including phenoxy) is 2. The van der Waals surface area contributed by atoms with Crippen molar-refractivity contribution in [2.75, 3.05) is 7.11 Å². The molecule has 6 nitrogen and oxygen atoms in total. The molecular formula is C18H16ClNO5. The molecule has 2 aromatic rings. The van der Waals surface area contributed by atoms with E-state index >= 15 is 0 Å². The Balaban J connectivity index is 2.14. The van der Waals surface area contributed by atoms with Gasteiger partial charge >= 0.3 is 11.9 Å². The Bertz CT molecular complexity index is 802. The summed E-state index contributed by atoms with van der Waals surface area (Å²) < 4.78 is 9.92. The molecule has 0 bridgehead atoms. The van der Waals surface area contributed by atoms with Crippen molar-refractivity contribution in [2.45, 2.75) is 13.0 Å². The quantitative estimate of drug-likeness (QED) is 0.626. The van der Waals surface area contributed by atoms with Gasteiger partial charge in [-0.2, -0.15) is 0 Å². The second kappa shape index (κ2) is 8.30. The van der Waals surface area contributed by atoms with Crippen LogP contribution in [0.3, 0.4) is 0 Å². The van der Waals surface area contributed by atoms with Crippen LogP contribution in [0, 0.1) is 0 Å². The van der Waals surface area contributed by atoms with Crippen LogP contribution >= 0.6 is 11.6 Å². The summed E-state index contributed by atoms with van der Waals surface area (Å²) in [4.78, 5) is 26.6. The molecule has 130 valence electrons. The van der Waals surface area contributed by atoms with Gasteiger partial charge in [0.25, 0.3) is 0 Å². The number of aliphatic imine (C=N–C) groups is 1. The maximum Gasteiger partial charge on any atom is 0.344 e. The second-order valence-electron chi connectivity index (χ2n) is 5.08. The molecule has 0 radical (unpaired) electrons. The van der Waals surface area contributed by atoms with Gasteiger partial charge in [0.2, 0.25) is 0 Å². The Hall–Kier alpha value is -2.86. The number of rotatable bonds is 6. The zero-order chi connectivity index (χ0) is 18.4. The van der Waals surface area contributed by atoms with Crippen molar-refractivity contribution in [3.05, 3.63) is 58.6 Å². The number of esters is 1. The summed E-state index contributed by atoms with van der Waals surface area (Å²) in [6.07, 6.45) is 0.645. The highest BCUT2D eigenvalue weighted by Gasteiger charge is 2.12. The zero-order valence-electron chi connectivity index (χ0n) is 13.6. The van der Waals surface area contributed by atoms with Crippen molar-refractivity contribution in [3.8, 4) is 5.75 Å². The maximum atomic E-state index is 11.6. The molecule has 0 aliphatic heterocycles. The number of carboxylic acids is 1. The molecule has 1 atom stereocenters. The lowest BCUT2D eigenvalue weighted by molar-refractivity contribution is -0.144. The van der Waals surface area contributed by atoms with Crippen molar-refractivity contribution in [2.24, 2.45) is 4.99 Å². The van der Waals surface area contributed by atoms with E-state index in [2.05, 4.69) is 9.73 Å². The molecule has 0 spiro atoms. The third-order valence-corrected chi connectivity index (χ3v) is 3.58. The van der Waals surface area contributed by atoms with Crippen LogP contribution in [0.5, 0.6) is 5.75 Å². The molecule has 0 fully saturated rings. The molecule has 0 amide bonds. The third-order valence-electron chi connectivity index (χ3n) is 3.26. The average molecular weight is 362 g/mol. The van der Waals surface area contributed by atoms with Crippen LogP contribution in [0.25, 0.3) is 0 Å². The number of carbonyl (C=O) groups is 2. The minimum Gasteiger partial charge on any atom is -0.479 e. The first-order valence-corrected chi connectivity index (χ1v) is 7.70. The Morgan fingerprint density at radius 3 is 2.48 bits per heavy atom. The van der Waals surface area contributed by atoms with Gasteiger partial charge < -0.3 is 14.6 Å². The van der Waals surface area contributed by atoms with Crippen LogP contribution in [0.2, 0.25) is 5.02 Å². The van der Waals surface area contributed by atoms with E-state index in [0.717, 1.165) is 5.56 Å². The summed E-state index contributed by atoms with van der Waals surface area (Å²) >= 11 is 6.08. The predicted octanol–water partition coefficient (Wildman–Crippen LogP) is 3.73. The van der Waals surface area contributed by atoms with Gasteiger partial charge in [-0.25, -0.2) is 9.59 Å². The van der Waals surface area contributed by atoms with Crippen LogP contribution < -0.4 is 4.74 Å². The number of hydrogen-bond donors (Lipinski definition) is 1. The molecule has 0 saturated heterocycles. The number of hydrogen-bond acceptors (Lipinski definition) is 5. The fourth-order valence-corrected chi connectivity index (χ4v) is 2.05. The third kappa shape index (κ3) is 5.06. The summed E-state index contributed by atoms with van der Waals surface area (Å²) in [5.41, 5.74) is 1.55. The van der Waals surface area contributed by atoms with E-state index in [1.54, 1.807) is 42.6 Å². The van der Waals surface area contributed by atoms with Crippen LogP contribution in [0.1, 0.15) is 22.8 Å². The highest BCUT2D eigenvalue weighted by atomic mass is 35.5. The van der Waals surface area contributed by atoms with Crippen molar-refractivity contribution < 1.29 is 24.2 Å². The number of carboxylic acid groups (broad SMARTS) is 1. The van der Waals surface area contributed by atoms with Crippen molar-refractivity contribution in [1.82, 2.24) is 0 Å². The Labute approximate surface area is 149 Å². The van der Waals surface area contributed by atoms with Gasteiger partial charge in [0.15, 0.2) is 6.10 Å². The number of aliphatic carboxylic acids is 1. The highest BCUT2D eigenvalue weighted by molar-refractivity contribution is 6.33. The first-order valence-electron chi connectivity index (χ1n) is 7.32. The van der Waals surface area contributed by atoms with Gasteiger partial charge in [0.05, 0.1) is 23.4 Å². The fraction of sp³-hybridized carbons (Fsp3) is 0.167. The standard InChI is InChI=1S/C18H16ClNO5/c1-11(17(21)22)25-14-6-3-12(4-7-14)10-20-16-9-13(18(23)24-2)5-8-15(16)19/h3-11H,1-2H3,(H,21,22). The summed E-state index contributed by atoms with van der Waals surface area (Å²) in [5, 5.41) is 9.22. The minimum absolute atomic E-state index is 0.352. The lowest BCUT2D eigenvalue weighted by atomic mass is 10.2. The second-order valence-corrected chi connectivity index (χ2v) is 5.49. The predicted molar refractivity (Wildman–Crippen MR) is 94.2 cm³/mol. The zero-order valence-corrected chi connectivity index (χ0v) is 14.4. The van der Waals surface area contributed by atoms with E-state index in [4.69, 9.17) is 21.4 Å². The first kappa shape index (κ1) is 18.5. The molecule has 0 saturated carbocycles. The topological polar surface area (TPSA) is 85.2 Å². The van der Waals surface area contributed by atoms with Crippen LogP contribution in [-0.4, -0.2) is 36.5 Å². The van der Waals surface area contributed by atoms with Gasteiger partial charge in [-0.3, -0.25) is 4.99 Å². The number of nitrogens with zero attached hydrogens (tertiary/aromatic N) is 1. The lowest BCUT2D eigenvalue weighted by Crippen LogP contribution is -2.22. The van der Waals surface area contributed by atoms with E-state index in [-0.39, 0.29) is 0 Å². The molecule has 7 heteroatoms. The summed E-state index contributed by atoms with van der Waals surface area (Å²) in [5.74, 6) is -1.06. The molecule has 2 rings (SSSR count). The molecule has 0 aliphatic carbocycles. The van der Waals surface area contributed by atoms with Gasteiger partial charge in [0, 0.05) is 6.21 Å². The van der Waals surface area contributed by atoms with Crippen molar-refractivity contribution in [1.29, 1.82) is 0 Å². The van der Waals surface area contributed by atoms with Gasteiger partial charge in [-0.05, 0) is 55.0 Å². The highest BCUT2D eigenvalue weighted by Crippen LogP contribution is 2.26. The molecule has 1 N–H and O–H groups in total. The summed E-state index contributed by atoms with van der Waals surface area (Å²) in [6.45, 7) is 1.45. The molecular weight excluding hydrogens is 346 g/mol. The monoisotopic (exact) mass is 361 g/mol. The minimum atomic E-state index is -1.04. The molecule has 0 aromatic heterocycles. The molecule has 0 heterocycles. The average Bonchev–Trinajstić information content (AvgIpc) is 2.61. The van der Waals surface area contributed by atoms with E-state index in [9.17, 15) is 9.59 Å². The van der Waals surface area contributed by atoms with Crippen molar-refractivity contribution in [3.63, 3.8) is 0 Å². The lowest BCUT2D eigenvalue weighted by Gasteiger charge is -2.10. The molecule has 1 unspecified atom stereocenters. The largest absolute Gasteiger partial charge is 0.479 e. The Morgan fingerprint density at radius 1 is 1.20 bits per heavy atom. The normalized spacial score (nSPS) is 12.0. The summed E-state index contributed by atoms with van der Waals surface area (Å²) in [7, 11) is 1.30. The van der Waals surface area contributed by atoms with Gasteiger partial charge in [-0.15, -0.1) is 0 Å². The maximum absolute atomic E-state index is 11.6. The molecule has 0 aliphatic rings. The van der Waals surface area contributed by atoms with E-state index in [1.807, 2.05) is 0 Å². The van der Waals surface area contributed by atoms with Gasteiger partial charge in [-0.1, -0.05) is 11.6 Å². The van der Waals surface area contributed by atoms with Crippen LogP contribution in [0.15, 0.2) is 47.5 Å². The van der Waals surface area contributed by atoms with Crippen LogP contribution in [-0.2, 0) is 9.53 Å². The number of benzene rings is 2. The SMILES string of the molecule is COC(=O)c1ccc(Cl)c(N=Cc2ccc(OC(C)C(=O)O)cc2)c1. The van der Waals surface area contributed by atoms with E-state index in [1.165, 1.54) is 20.1 Å². The Kier molecular flexibility index (Phi) is 6.14. The number of carbonyl (C=O) groups excluding carboxylic acids is 1. The number of methoxy groups -OCH3 is 1. The van der Waals surface area contributed by atoms with Gasteiger partial charge in [0.1, 0.15) is 5.75 Å². The van der Waals surface area contributed by atoms with Crippen molar-refractivity contribution >= 4 is 35.4 Å².